The summed E-state index contributed by atoms with van der Waals surface area (Å²) in [6, 6.07) is 16.7. The third kappa shape index (κ3) is 3.14. The molecular weight excluding hydrogens is 272 g/mol. The van der Waals surface area contributed by atoms with Gasteiger partial charge in [0, 0.05) is 18.3 Å². The fraction of sp³-hybridized carbons (Fsp3) is 0.316. The molecule has 2 aromatic rings. The lowest BCUT2D eigenvalue weighted by molar-refractivity contribution is -0.123. The number of carbonyl (C=O) groups is 1. The summed E-state index contributed by atoms with van der Waals surface area (Å²) in [6.45, 7) is 4.77. The lowest BCUT2D eigenvalue weighted by atomic mass is 9.87. The van der Waals surface area contributed by atoms with Crippen molar-refractivity contribution in [3.8, 4) is 0 Å². The van der Waals surface area contributed by atoms with Crippen LogP contribution in [0.3, 0.4) is 0 Å². The fourth-order valence-electron chi connectivity index (χ4n) is 3.00. The Balaban J connectivity index is 1.71. The second kappa shape index (κ2) is 6.22. The fourth-order valence-corrected chi connectivity index (χ4v) is 3.00. The molecule has 1 amide bonds. The number of hydrogen-bond donors (Lipinski definition) is 2. The molecule has 2 aromatic carbocycles. The molecule has 1 aliphatic heterocycles. The molecule has 0 fully saturated rings. The van der Waals surface area contributed by atoms with E-state index in [1.165, 1.54) is 5.56 Å². The van der Waals surface area contributed by atoms with Gasteiger partial charge in [0.1, 0.15) is 0 Å². The van der Waals surface area contributed by atoms with Crippen molar-refractivity contribution in [2.75, 3.05) is 5.32 Å². The quantitative estimate of drug-likeness (QED) is 0.908. The molecule has 0 radical (unpaired) electrons. The first-order valence-corrected chi connectivity index (χ1v) is 7.82. The zero-order chi connectivity index (χ0) is 15.5. The molecule has 0 bridgehead atoms. The van der Waals surface area contributed by atoms with Gasteiger partial charge in [-0.25, -0.2) is 0 Å². The molecule has 3 nitrogen and oxygen atoms in total. The Bertz CT molecular complexity index is 663. The lowest BCUT2D eigenvalue weighted by Gasteiger charge is -2.30. The van der Waals surface area contributed by atoms with Crippen LogP contribution in [0.2, 0.25) is 0 Å². The van der Waals surface area contributed by atoms with Gasteiger partial charge in [0.25, 0.3) is 0 Å². The first kappa shape index (κ1) is 14.6. The summed E-state index contributed by atoms with van der Waals surface area (Å²) in [5, 5.41) is 6.53. The van der Waals surface area contributed by atoms with Crippen LogP contribution in [0, 0.1) is 6.92 Å². The van der Waals surface area contributed by atoms with Crippen LogP contribution in [0.4, 0.5) is 5.69 Å². The van der Waals surface area contributed by atoms with Gasteiger partial charge in [-0.1, -0.05) is 48.0 Å². The van der Waals surface area contributed by atoms with Gasteiger partial charge in [0.15, 0.2) is 0 Å². The highest BCUT2D eigenvalue weighted by atomic mass is 16.1. The maximum atomic E-state index is 12.6. The summed E-state index contributed by atoms with van der Waals surface area (Å²) in [5.41, 5.74) is 4.55. The number of amides is 1. The molecule has 0 saturated carbocycles. The van der Waals surface area contributed by atoms with E-state index >= 15 is 0 Å². The zero-order valence-electron chi connectivity index (χ0n) is 13.1. The number of nitrogens with one attached hydrogen (secondary N) is 2. The Hall–Kier alpha value is -2.29. The minimum absolute atomic E-state index is 0.0714. The van der Waals surface area contributed by atoms with E-state index in [-0.39, 0.29) is 11.8 Å². The van der Waals surface area contributed by atoms with Crippen molar-refractivity contribution in [1.29, 1.82) is 0 Å². The smallest absolute Gasteiger partial charge is 0.227 e. The minimum atomic E-state index is -0.0714. The number of para-hydroxylation sites is 1. The van der Waals surface area contributed by atoms with Gasteiger partial charge in [-0.2, -0.15) is 0 Å². The topological polar surface area (TPSA) is 41.1 Å². The molecule has 0 saturated heterocycles. The molecule has 2 N–H and O–H groups in total. The largest absolute Gasteiger partial charge is 0.382 e. The van der Waals surface area contributed by atoms with Crippen molar-refractivity contribution in [3.63, 3.8) is 0 Å². The van der Waals surface area contributed by atoms with Crippen molar-refractivity contribution in [2.24, 2.45) is 0 Å². The van der Waals surface area contributed by atoms with Crippen molar-refractivity contribution < 1.29 is 4.79 Å². The first-order valence-electron chi connectivity index (χ1n) is 7.82. The predicted molar refractivity (Wildman–Crippen MR) is 89.9 cm³/mol. The van der Waals surface area contributed by atoms with Gasteiger partial charge >= 0.3 is 0 Å². The normalized spacial score (nSPS) is 19.9. The van der Waals surface area contributed by atoms with Crippen molar-refractivity contribution in [2.45, 2.75) is 38.8 Å². The van der Waals surface area contributed by atoms with Crippen LogP contribution in [0.5, 0.6) is 0 Å². The van der Waals surface area contributed by atoms with E-state index in [9.17, 15) is 4.79 Å². The number of anilines is 1. The van der Waals surface area contributed by atoms with Gasteiger partial charge in [0.2, 0.25) is 5.91 Å². The molecule has 0 aliphatic carbocycles. The van der Waals surface area contributed by atoms with Gasteiger partial charge in [-0.05, 0) is 37.5 Å². The molecular formula is C19H22N2O. The number of carbonyl (C=O) groups excluding carboxylic acids is 1. The van der Waals surface area contributed by atoms with Crippen LogP contribution < -0.4 is 10.6 Å². The van der Waals surface area contributed by atoms with Crippen LogP contribution in [0.15, 0.2) is 48.5 Å². The monoisotopic (exact) mass is 294 g/mol. The number of fused-ring (bicyclic) bond motifs is 1. The zero-order valence-corrected chi connectivity index (χ0v) is 13.1. The van der Waals surface area contributed by atoms with Crippen LogP contribution in [0.25, 0.3) is 0 Å². The summed E-state index contributed by atoms with van der Waals surface area (Å²) in [5.74, 6) is 0.0410. The Kier molecular flexibility index (Phi) is 4.14. The SMILES string of the molecule is Cc1ccc(CNC(=O)C2CC(C)Nc3ccccc32)cc1. The van der Waals surface area contributed by atoms with Crippen LogP contribution in [0.1, 0.15) is 36.0 Å². The molecule has 114 valence electrons. The highest BCUT2D eigenvalue weighted by Gasteiger charge is 2.29. The van der Waals surface area contributed by atoms with Gasteiger partial charge in [0.05, 0.1) is 5.92 Å². The number of rotatable bonds is 3. The number of benzene rings is 2. The van der Waals surface area contributed by atoms with Crippen molar-refractivity contribution in [1.82, 2.24) is 5.32 Å². The van der Waals surface area contributed by atoms with Crippen LogP contribution in [-0.4, -0.2) is 11.9 Å². The molecule has 2 unspecified atom stereocenters. The van der Waals surface area contributed by atoms with Crippen LogP contribution in [-0.2, 0) is 11.3 Å². The molecule has 2 atom stereocenters. The Morgan fingerprint density at radius 1 is 1.18 bits per heavy atom. The second-order valence-electron chi connectivity index (χ2n) is 6.12. The summed E-state index contributed by atoms with van der Waals surface area (Å²) in [4.78, 5) is 12.6. The average molecular weight is 294 g/mol. The highest BCUT2D eigenvalue weighted by Crippen LogP contribution is 2.34. The molecule has 3 rings (SSSR count). The predicted octanol–water partition coefficient (Wildman–Crippen LogP) is 3.60. The van der Waals surface area contributed by atoms with E-state index in [1.807, 2.05) is 24.3 Å². The standard InChI is InChI=1S/C19H22N2O/c1-13-7-9-15(10-8-13)12-20-19(22)17-11-14(2)21-18-6-4-3-5-16(17)18/h3-10,14,17,21H,11-12H2,1-2H3,(H,20,22). The van der Waals surface area contributed by atoms with E-state index in [0.717, 1.165) is 23.2 Å². The van der Waals surface area contributed by atoms with Gasteiger partial charge in [-0.3, -0.25) is 4.79 Å². The van der Waals surface area contributed by atoms with Gasteiger partial charge < -0.3 is 10.6 Å². The van der Waals surface area contributed by atoms with E-state index in [4.69, 9.17) is 0 Å². The van der Waals surface area contributed by atoms with Crippen LogP contribution >= 0.6 is 0 Å². The first-order chi connectivity index (χ1) is 10.6. The number of aryl methyl sites for hydroxylation is 1. The molecule has 1 aliphatic rings. The van der Waals surface area contributed by atoms with Gasteiger partial charge in [-0.15, -0.1) is 0 Å². The third-order valence-corrected chi connectivity index (χ3v) is 4.23. The van der Waals surface area contributed by atoms with E-state index in [2.05, 4.69) is 48.7 Å². The average Bonchev–Trinajstić information content (AvgIpc) is 2.53. The maximum Gasteiger partial charge on any atom is 0.227 e. The maximum absolute atomic E-state index is 12.6. The third-order valence-electron chi connectivity index (χ3n) is 4.23. The summed E-state index contributed by atoms with van der Waals surface area (Å²) in [7, 11) is 0. The summed E-state index contributed by atoms with van der Waals surface area (Å²) < 4.78 is 0. The number of hydrogen-bond acceptors (Lipinski definition) is 2. The molecule has 0 spiro atoms. The van der Waals surface area contributed by atoms with E-state index in [0.29, 0.717) is 12.6 Å². The van der Waals surface area contributed by atoms with Crippen molar-refractivity contribution >= 4 is 11.6 Å². The molecule has 0 aromatic heterocycles. The van der Waals surface area contributed by atoms with Crippen molar-refractivity contribution in [3.05, 3.63) is 65.2 Å². The van der Waals surface area contributed by atoms with E-state index in [1.54, 1.807) is 0 Å². The molecule has 3 heteroatoms. The second-order valence-corrected chi connectivity index (χ2v) is 6.12. The minimum Gasteiger partial charge on any atom is -0.382 e. The summed E-state index contributed by atoms with van der Waals surface area (Å²) >= 11 is 0. The van der Waals surface area contributed by atoms with E-state index < -0.39 is 0 Å². The Morgan fingerprint density at radius 3 is 2.68 bits per heavy atom. The Morgan fingerprint density at radius 2 is 1.91 bits per heavy atom. The summed E-state index contributed by atoms with van der Waals surface area (Å²) in [6.07, 6.45) is 0.830. The Labute approximate surface area is 131 Å². The lowest BCUT2D eigenvalue weighted by Crippen LogP contribution is -2.35. The molecule has 22 heavy (non-hydrogen) atoms. The highest BCUT2D eigenvalue weighted by molar-refractivity contribution is 5.86. The molecule has 1 heterocycles.